The molecule has 5 unspecified atom stereocenters. The number of carbonyl (C=O) groups excluding carboxylic acids is 2. The van der Waals surface area contributed by atoms with E-state index in [0.29, 0.717) is 17.3 Å². The van der Waals surface area contributed by atoms with Gasteiger partial charge in [-0.2, -0.15) is 0 Å². The van der Waals surface area contributed by atoms with Gasteiger partial charge in [-0.1, -0.05) is 71.0 Å². The van der Waals surface area contributed by atoms with Gasteiger partial charge in [-0.25, -0.2) is 0 Å². The first-order valence-electron chi connectivity index (χ1n) is 14.2. The minimum absolute atomic E-state index is 0.0454. The SMILES string of the molecule is Cc1ccc(N2C(=O)C3C(C2=O)[C@@H]2C[C@H]3C3Sc4[nH]c(=O)sc4C(c4ccccc4OCc4ccc(Cl)cc4)C32)cc1. The second-order valence-electron chi connectivity index (χ2n) is 11.8. The molecule has 1 N–H and O–H groups in total. The number of nitrogens with one attached hydrogen (secondary N) is 1. The monoisotopic (exact) mass is 614 g/mol. The number of hydrogen-bond donors (Lipinski definition) is 1. The van der Waals surface area contributed by atoms with Crippen LogP contribution in [0.25, 0.3) is 0 Å². The fraction of sp³-hybridized carbons (Fsp3) is 0.303. The van der Waals surface area contributed by atoms with E-state index in [9.17, 15) is 14.4 Å². The van der Waals surface area contributed by atoms with Crippen LogP contribution in [0.2, 0.25) is 5.02 Å². The van der Waals surface area contributed by atoms with E-state index in [-0.39, 0.29) is 57.4 Å². The highest BCUT2D eigenvalue weighted by Crippen LogP contribution is 2.69. The van der Waals surface area contributed by atoms with Gasteiger partial charge in [0.05, 0.1) is 22.5 Å². The van der Waals surface area contributed by atoms with Crippen molar-refractivity contribution < 1.29 is 14.3 Å². The van der Waals surface area contributed by atoms with Gasteiger partial charge in [0.2, 0.25) is 11.8 Å². The summed E-state index contributed by atoms with van der Waals surface area (Å²) in [7, 11) is 0. The molecule has 3 aromatic carbocycles. The summed E-state index contributed by atoms with van der Waals surface area (Å²) in [5, 5.41) is 1.69. The van der Waals surface area contributed by atoms with Gasteiger partial charge in [0.15, 0.2) is 0 Å². The second-order valence-corrected chi connectivity index (χ2v) is 14.4. The van der Waals surface area contributed by atoms with Gasteiger partial charge in [-0.3, -0.25) is 19.3 Å². The van der Waals surface area contributed by atoms with Crippen LogP contribution in [-0.2, 0) is 16.2 Å². The van der Waals surface area contributed by atoms with E-state index in [1.807, 2.05) is 73.7 Å². The van der Waals surface area contributed by atoms with Gasteiger partial charge in [-0.05, 0) is 67.0 Å². The number of hydrogen-bond acceptors (Lipinski definition) is 6. The molecule has 0 radical (unpaired) electrons. The Morgan fingerprint density at radius 1 is 0.929 bits per heavy atom. The molecule has 42 heavy (non-hydrogen) atoms. The van der Waals surface area contributed by atoms with Crippen LogP contribution in [0.3, 0.4) is 0 Å². The molecule has 1 saturated heterocycles. The number of imide groups is 1. The van der Waals surface area contributed by atoms with Crippen molar-refractivity contribution in [1.82, 2.24) is 4.98 Å². The smallest absolute Gasteiger partial charge is 0.305 e. The van der Waals surface area contributed by atoms with Crippen molar-refractivity contribution in [3.8, 4) is 5.75 Å². The first kappa shape index (κ1) is 26.3. The van der Waals surface area contributed by atoms with Crippen LogP contribution in [-0.4, -0.2) is 22.0 Å². The van der Waals surface area contributed by atoms with E-state index in [4.69, 9.17) is 16.3 Å². The van der Waals surface area contributed by atoms with Crippen LogP contribution in [0.1, 0.15) is 33.9 Å². The van der Waals surface area contributed by atoms with Crippen molar-refractivity contribution >= 4 is 52.2 Å². The van der Waals surface area contributed by atoms with E-state index < -0.39 is 0 Å². The Bertz CT molecular complexity index is 1780. The highest BCUT2D eigenvalue weighted by Gasteiger charge is 2.69. The summed E-state index contributed by atoms with van der Waals surface area (Å²) < 4.78 is 6.41. The number of benzene rings is 3. The standard InChI is InChI=1S/C33H27ClN2O4S2/c1-16-6-12-19(13-7-16)36-31(37)26-21-14-22(27(26)32(36)38)28-25(21)24(29-30(41-28)35-33(39)42-29)20-4-2-3-5-23(20)40-15-17-8-10-18(34)11-9-17/h2-13,21-22,24-28H,14-15H2,1H3,(H,35,39)/t21-,22-,24?,25?,26?,27?,28?/m1/s1. The Morgan fingerprint density at radius 2 is 1.64 bits per heavy atom. The quantitative estimate of drug-likeness (QED) is 0.255. The summed E-state index contributed by atoms with van der Waals surface area (Å²) in [4.78, 5) is 46.0. The molecule has 212 valence electrons. The predicted molar refractivity (Wildman–Crippen MR) is 164 cm³/mol. The predicted octanol–water partition coefficient (Wildman–Crippen LogP) is 6.66. The second kappa shape index (κ2) is 9.86. The molecule has 3 fully saturated rings. The van der Waals surface area contributed by atoms with Gasteiger partial charge < -0.3 is 9.72 Å². The van der Waals surface area contributed by atoms with Crippen molar-refractivity contribution in [3.05, 3.63) is 109 Å². The summed E-state index contributed by atoms with van der Waals surface area (Å²) in [6.45, 7) is 2.38. The molecule has 9 heteroatoms. The minimum atomic E-state index is -0.340. The zero-order valence-corrected chi connectivity index (χ0v) is 25.0. The number of nitrogens with zero attached hydrogens (tertiary/aromatic N) is 1. The lowest BCUT2D eigenvalue weighted by atomic mass is 9.68. The Morgan fingerprint density at radius 3 is 2.40 bits per heavy atom. The number of thiazole rings is 1. The molecule has 1 aromatic heterocycles. The van der Waals surface area contributed by atoms with Crippen molar-refractivity contribution in [2.24, 2.45) is 29.6 Å². The van der Waals surface area contributed by atoms with Crippen LogP contribution >= 0.6 is 34.7 Å². The first-order chi connectivity index (χ1) is 20.4. The number of amides is 2. The molecule has 2 aliphatic carbocycles. The van der Waals surface area contributed by atoms with E-state index >= 15 is 0 Å². The number of fused-ring (bicyclic) bond motifs is 9. The molecule has 2 bridgehead atoms. The maximum absolute atomic E-state index is 14.0. The fourth-order valence-corrected chi connectivity index (χ4v) is 10.9. The number of aromatic amines is 1. The van der Waals surface area contributed by atoms with Gasteiger partial charge in [0, 0.05) is 26.6 Å². The molecule has 7 atom stereocenters. The van der Waals surface area contributed by atoms with Crippen molar-refractivity contribution in [2.45, 2.75) is 36.1 Å². The zero-order valence-electron chi connectivity index (χ0n) is 22.7. The molecule has 4 aliphatic rings. The lowest BCUT2D eigenvalue weighted by molar-refractivity contribution is -0.123. The van der Waals surface area contributed by atoms with Crippen LogP contribution in [0, 0.1) is 36.5 Å². The molecule has 4 aromatic rings. The Labute approximate surface area is 256 Å². The summed E-state index contributed by atoms with van der Waals surface area (Å²) in [5.74, 6) is 0.0711. The number of carbonyl (C=O) groups is 2. The normalized spacial score (nSPS) is 29.0. The third kappa shape index (κ3) is 3.95. The zero-order chi connectivity index (χ0) is 28.7. The van der Waals surface area contributed by atoms with Crippen molar-refractivity contribution in [3.63, 3.8) is 0 Å². The molecular formula is C33H27ClN2O4S2. The lowest BCUT2D eigenvalue weighted by Gasteiger charge is -2.43. The summed E-state index contributed by atoms with van der Waals surface area (Å²) >= 11 is 9.03. The van der Waals surface area contributed by atoms with Gasteiger partial charge >= 0.3 is 4.87 Å². The number of rotatable bonds is 5. The first-order valence-corrected chi connectivity index (χ1v) is 16.3. The van der Waals surface area contributed by atoms with E-state index in [2.05, 4.69) is 11.1 Å². The number of thioether (sulfide) groups is 1. The highest BCUT2D eigenvalue weighted by atomic mass is 35.5. The number of aryl methyl sites for hydroxylation is 1. The van der Waals surface area contributed by atoms with E-state index in [1.54, 1.807) is 11.8 Å². The Balaban J connectivity index is 1.18. The number of ether oxygens (including phenoxy) is 1. The number of halogens is 1. The average Bonchev–Trinajstić information content (AvgIpc) is 3.72. The summed E-state index contributed by atoms with van der Waals surface area (Å²) in [5.41, 5.74) is 3.77. The lowest BCUT2D eigenvalue weighted by Crippen LogP contribution is -2.42. The molecule has 2 saturated carbocycles. The Hall–Kier alpha value is -3.33. The van der Waals surface area contributed by atoms with E-state index in [0.717, 1.165) is 38.8 Å². The van der Waals surface area contributed by atoms with Crippen LogP contribution in [0.15, 0.2) is 82.6 Å². The average molecular weight is 615 g/mol. The van der Waals surface area contributed by atoms with Crippen LogP contribution < -0.4 is 14.5 Å². The van der Waals surface area contributed by atoms with Gasteiger partial charge in [-0.15, -0.1) is 11.8 Å². The van der Waals surface area contributed by atoms with Crippen LogP contribution in [0.5, 0.6) is 5.75 Å². The Kier molecular flexibility index (Phi) is 6.18. The summed E-state index contributed by atoms with van der Waals surface area (Å²) in [6, 6.07) is 23.3. The molecule has 0 spiro atoms. The van der Waals surface area contributed by atoms with Gasteiger partial charge in [0.25, 0.3) is 0 Å². The van der Waals surface area contributed by atoms with E-state index in [1.165, 1.54) is 16.2 Å². The highest BCUT2D eigenvalue weighted by molar-refractivity contribution is 8.00. The molecule has 8 rings (SSSR count). The maximum atomic E-state index is 14.0. The molecular weight excluding hydrogens is 588 g/mol. The largest absolute Gasteiger partial charge is 0.489 e. The van der Waals surface area contributed by atoms with Crippen molar-refractivity contribution in [1.29, 1.82) is 0 Å². The molecule has 2 aliphatic heterocycles. The fourth-order valence-electron chi connectivity index (χ4n) is 7.92. The summed E-state index contributed by atoms with van der Waals surface area (Å²) in [6.07, 6.45) is 0.848. The van der Waals surface area contributed by atoms with Crippen molar-refractivity contribution in [2.75, 3.05) is 4.90 Å². The maximum Gasteiger partial charge on any atom is 0.305 e. The van der Waals surface area contributed by atoms with Gasteiger partial charge in [0.1, 0.15) is 12.4 Å². The molecule has 3 heterocycles. The minimum Gasteiger partial charge on any atom is -0.489 e. The molecule has 2 amide bonds. The number of H-pyrrole nitrogens is 1. The number of anilines is 1. The third-order valence-corrected chi connectivity index (χ3v) is 12.4. The number of para-hydroxylation sites is 1. The topological polar surface area (TPSA) is 79.5 Å². The third-order valence-electron chi connectivity index (χ3n) is 9.58. The van der Waals surface area contributed by atoms with Crippen LogP contribution in [0.4, 0.5) is 5.69 Å². The number of aromatic nitrogens is 1. The molecule has 6 nitrogen and oxygen atoms in total.